The van der Waals surface area contributed by atoms with Crippen molar-refractivity contribution < 1.29 is 9.59 Å². The lowest BCUT2D eigenvalue weighted by Crippen LogP contribution is -2.56. The third-order valence-corrected chi connectivity index (χ3v) is 3.95. The average molecular weight is 310 g/mol. The SMILES string of the molecule is CCN(C(=O)C1CN(C(=O)c2cnccn2)C1)c1ccccc1. The largest absolute Gasteiger partial charge is 0.336 e. The van der Waals surface area contributed by atoms with E-state index in [1.807, 2.05) is 37.3 Å². The van der Waals surface area contributed by atoms with E-state index in [1.165, 1.54) is 18.6 Å². The van der Waals surface area contributed by atoms with Crippen LogP contribution in [0.5, 0.6) is 0 Å². The third kappa shape index (κ3) is 3.06. The Hall–Kier alpha value is -2.76. The highest BCUT2D eigenvalue weighted by Crippen LogP contribution is 2.23. The fourth-order valence-corrected chi connectivity index (χ4v) is 2.67. The molecule has 2 heterocycles. The normalized spacial score (nSPS) is 14.2. The van der Waals surface area contributed by atoms with Gasteiger partial charge in [0, 0.05) is 37.7 Å². The van der Waals surface area contributed by atoms with E-state index < -0.39 is 0 Å². The van der Waals surface area contributed by atoms with Crippen LogP contribution in [-0.4, -0.2) is 46.3 Å². The van der Waals surface area contributed by atoms with E-state index in [4.69, 9.17) is 0 Å². The van der Waals surface area contributed by atoms with Gasteiger partial charge in [0.1, 0.15) is 5.69 Å². The Balaban J connectivity index is 1.62. The molecule has 1 saturated heterocycles. The zero-order valence-electron chi connectivity index (χ0n) is 12.9. The van der Waals surface area contributed by atoms with Crippen LogP contribution in [0.1, 0.15) is 17.4 Å². The predicted octanol–water partition coefficient (Wildman–Crippen LogP) is 1.60. The minimum Gasteiger partial charge on any atom is -0.336 e. The topological polar surface area (TPSA) is 66.4 Å². The number of likely N-dealkylation sites (tertiary alicyclic amines) is 1. The van der Waals surface area contributed by atoms with Crippen LogP contribution in [0.3, 0.4) is 0 Å². The summed E-state index contributed by atoms with van der Waals surface area (Å²) in [4.78, 5) is 36.1. The molecular formula is C17H18N4O2. The second-order valence-corrected chi connectivity index (χ2v) is 5.42. The number of carbonyl (C=O) groups excluding carboxylic acids is 2. The first kappa shape index (κ1) is 15.1. The first-order valence-corrected chi connectivity index (χ1v) is 7.62. The zero-order valence-corrected chi connectivity index (χ0v) is 12.9. The van der Waals surface area contributed by atoms with E-state index in [2.05, 4.69) is 9.97 Å². The lowest BCUT2D eigenvalue weighted by atomic mass is 9.97. The van der Waals surface area contributed by atoms with Gasteiger partial charge in [-0.25, -0.2) is 4.98 Å². The fraction of sp³-hybridized carbons (Fsp3) is 0.294. The van der Waals surface area contributed by atoms with Gasteiger partial charge >= 0.3 is 0 Å². The molecule has 1 aliphatic heterocycles. The van der Waals surface area contributed by atoms with Crippen LogP contribution in [0.2, 0.25) is 0 Å². The highest BCUT2D eigenvalue weighted by molar-refractivity contribution is 5.98. The molecule has 0 spiro atoms. The molecule has 0 bridgehead atoms. The van der Waals surface area contributed by atoms with E-state index in [0.29, 0.717) is 25.3 Å². The molecule has 1 aliphatic rings. The summed E-state index contributed by atoms with van der Waals surface area (Å²) in [6, 6.07) is 9.59. The maximum Gasteiger partial charge on any atom is 0.274 e. The minimum absolute atomic E-state index is 0.0573. The number of hydrogen-bond donors (Lipinski definition) is 0. The lowest BCUT2D eigenvalue weighted by Gasteiger charge is -2.40. The quantitative estimate of drug-likeness (QED) is 0.860. The van der Waals surface area contributed by atoms with E-state index >= 15 is 0 Å². The number of rotatable bonds is 4. The van der Waals surface area contributed by atoms with Crippen LogP contribution < -0.4 is 4.90 Å². The predicted molar refractivity (Wildman–Crippen MR) is 85.9 cm³/mol. The van der Waals surface area contributed by atoms with Crippen molar-refractivity contribution in [3.05, 3.63) is 54.6 Å². The second kappa shape index (κ2) is 6.56. The second-order valence-electron chi connectivity index (χ2n) is 5.42. The lowest BCUT2D eigenvalue weighted by molar-refractivity contribution is -0.126. The number of nitrogens with zero attached hydrogens (tertiary/aromatic N) is 4. The Bertz CT molecular complexity index is 684. The van der Waals surface area contributed by atoms with Gasteiger partial charge in [-0.3, -0.25) is 14.6 Å². The first-order valence-electron chi connectivity index (χ1n) is 7.62. The van der Waals surface area contributed by atoms with Gasteiger partial charge in [-0.15, -0.1) is 0 Å². The number of para-hydroxylation sites is 1. The van der Waals surface area contributed by atoms with Crippen molar-refractivity contribution in [2.75, 3.05) is 24.5 Å². The Labute approximate surface area is 134 Å². The summed E-state index contributed by atoms with van der Waals surface area (Å²) in [5, 5.41) is 0. The van der Waals surface area contributed by atoms with Crippen LogP contribution in [-0.2, 0) is 4.79 Å². The van der Waals surface area contributed by atoms with Crippen LogP contribution in [0.25, 0.3) is 0 Å². The van der Waals surface area contributed by atoms with Crippen molar-refractivity contribution in [1.29, 1.82) is 0 Å². The molecule has 2 aromatic rings. The Morgan fingerprint density at radius 2 is 1.96 bits per heavy atom. The van der Waals surface area contributed by atoms with Crippen LogP contribution in [0.4, 0.5) is 5.69 Å². The Morgan fingerprint density at radius 1 is 1.22 bits per heavy atom. The number of amides is 2. The number of anilines is 1. The maximum atomic E-state index is 12.6. The molecule has 6 heteroatoms. The van der Waals surface area contributed by atoms with E-state index in [-0.39, 0.29) is 17.7 Å². The molecule has 0 radical (unpaired) electrons. The van der Waals surface area contributed by atoms with Crippen molar-refractivity contribution >= 4 is 17.5 Å². The smallest absolute Gasteiger partial charge is 0.274 e. The standard InChI is InChI=1S/C17H18N4O2/c1-2-21(14-6-4-3-5-7-14)16(22)13-11-20(12-13)17(23)15-10-18-8-9-19-15/h3-10,13H,2,11-12H2,1H3. The average Bonchev–Trinajstić information content (AvgIpc) is 2.56. The highest BCUT2D eigenvalue weighted by atomic mass is 16.2. The molecule has 118 valence electrons. The summed E-state index contributed by atoms with van der Waals surface area (Å²) in [6.07, 6.45) is 4.46. The number of hydrogen-bond acceptors (Lipinski definition) is 4. The summed E-state index contributed by atoms with van der Waals surface area (Å²) < 4.78 is 0. The molecule has 1 aromatic heterocycles. The molecular weight excluding hydrogens is 292 g/mol. The molecule has 23 heavy (non-hydrogen) atoms. The van der Waals surface area contributed by atoms with Gasteiger partial charge in [0.2, 0.25) is 5.91 Å². The van der Waals surface area contributed by atoms with Gasteiger partial charge < -0.3 is 9.80 Å². The van der Waals surface area contributed by atoms with Gasteiger partial charge in [-0.1, -0.05) is 18.2 Å². The highest BCUT2D eigenvalue weighted by Gasteiger charge is 2.38. The maximum absolute atomic E-state index is 12.6. The van der Waals surface area contributed by atoms with Gasteiger partial charge in [-0.2, -0.15) is 0 Å². The first-order chi connectivity index (χ1) is 11.2. The van der Waals surface area contributed by atoms with Gasteiger partial charge in [-0.05, 0) is 19.1 Å². The summed E-state index contributed by atoms with van der Waals surface area (Å²) >= 11 is 0. The minimum atomic E-state index is -0.176. The molecule has 1 aromatic carbocycles. The Kier molecular flexibility index (Phi) is 4.32. The molecule has 6 nitrogen and oxygen atoms in total. The molecule has 0 aliphatic carbocycles. The van der Waals surface area contributed by atoms with E-state index in [0.717, 1.165) is 5.69 Å². The van der Waals surface area contributed by atoms with Crippen LogP contribution in [0.15, 0.2) is 48.9 Å². The van der Waals surface area contributed by atoms with Gasteiger partial charge in [0.25, 0.3) is 5.91 Å². The molecule has 2 amide bonds. The Morgan fingerprint density at radius 3 is 2.57 bits per heavy atom. The fourth-order valence-electron chi connectivity index (χ4n) is 2.67. The summed E-state index contributed by atoms with van der Waals surface area (Å²) in [5.41, 5.74) is 1.20. The van der Waals surface area contributed by atoms with E-state index in [9.17, 15) is 9.59 Å². The molecule has 0 saturated carbocycles. The summed E-state index contributed by atoms with van der Waals surface area (Å²) in [6.45, 7) is 3.42. The van der Waals surface area contributed by atoms with Crippen molar-refractivity contribution in [2.24, 2.45) is 5.92 Å². The van der Waals surface area contributed by atoms with Gasteiger partial charge in [0.15, 0.2) is 0 Å². The number of benzene rings is 1. The van der Waals surface area contributed by atoms with Crippen molar-refractivity contribution in [3.8, 4) is 0 Å². The summed E-state index contributed by atoms with van der Waals surface area (Å²) in [7, 11) is 0. The zero-order chi connectivity index (χ0) is 16.2. The van der Waals surface area contributed by atoms with Crippen molar-refractivity contribution in [2.45, 2.75) is 6.92 Å². The van der Waals surface area contributed by atoms with Crippen molar-refractivity contribution in [1.82, 2.24) is 14.9 Å². The molecule has 0 atom stereocenters. The number of aromatic nitrogens is 2. The molecule has 1 fully saturated rings. The molecule has 0 N–H and O–H groups in total. The van der Waals surface area contributed by atoms with Crippen LogP contribution in [0, 0.1) is 5.92 Å². The molecule has 3 rings (SSSR count). The summed E-state index contributed by atoms with van der Waals surface area (Å²) in [5.74, 6) is -0.275. The number of carbonyl (C=O) groups is 2. The monoisotopic (exact) mass is 310 g/mol. The third-order valence-electron chi connectivity index (χ3n) is 3.95. The van der Waals surface area contributed by atoms with Gasteiger partial charge in [0.05, 0.1) is 12.1 Å². The molecule has 0 unspecified atom stereocenters. The van der Waals surface area contributed by atoms with Crippen LogP contribution >= 0.6 is 0 Å². The van der Waals surface area contributed by atoms with Crippen molar-refractivity contribution in [3.63, 3.8) is 0 Å². The van der Waals surface area contributed by atoms with E-state index in [1.54, 1.807) is 9.80 Å².